The number of benzene rings is 2. The third kappa shape index (κ3) is 3.23. The summed E-state index contributed by atoms with van der Waals surface area (Å²) in [6, 6.07) is 14.4. The molecule has 0 atom stereocenters. The molecule has 6 nitrogen and oxygen atoms in total. The topological polar surface area (TPSA) is 69.0 Å². The van der Waals surface area contributed by atoms with Crippen molar-refractivity contribution in [2.45, 2.75) is 6.92 Å². The molecule has 0 unspecified atom stereocenters. The van der Waals surface area contributed by atoms with E-state index in [1.54, 1.807) is 25.1 Å². The van der Waals surface area contributed by atoms with Crippen LogP contribution in [0.2, 0.25) is 5.02 Å². The number of carbonyl (C=O) groups is 1. The van der Waals surface area contributed by atoms with E-state index in [-0.39, 0.29) is 11.6 Å². The van der Waals surface area contributed by atoms with Crippen LogP contribution < -0.4 is 10.1 Å². The minimum atomic E-state index is -0.351. The molecule has 1 aromatic heterocycles. The molecule has 0 fully saturated rings. The highest BCUT2D eigenvalue weighted by molar-refractivity contribution is 6.32. The van der Waals surface area contributed by atoms with Crippen molar-refractivity contribution in [1.29, 1.82) is 0 Å². The molecule has 0 aliphatic carbocycles. The van der Waals surface area contributed by atoms with Crippen molar-refractivity contribution in [2.24, 2.45) is 0 Å². The van der Waals surface area contributed by atoms with Crippen LogP contribution in [-0.2, 0) is 0 Å². The van der Waals surface area contributed by atoms with Crippen LogP contribution in [0.15, 0.2) is 48.5 Å². The van der Waals surface area contributed by atoms with E-state index in [0.29, 0.717) is 22.2 Å². The van der Waals surface area contributed by atoms with Gasteiger partial charge in [0.1, 0.15) is 5.75 Å². The second kappa shape index (κ2) is 6.72. The summed E-state index contributed by atoms with van der Waals surface area (Å²) in [6.45, 7) is 1.74. The number of nitrogens with one attached hydrogen (secondary N) is 1. The molecule has 1 amide bonds. The zero-order valence-electron chi connectivity index (χ0n) is 13.2. The lowest BCUT2D eigenvalue weighted by Gasteiger charge is -2.07. The maximum atomic E-state index is 12.4. The second-order valence-corrected chi connectivity index (χ2v) is 5.47. The van der Waals surface area contributed by atoms with Crippen LogP contribution in [0, 0.1) is 6.92 Å². The predicted octanol–water partition coefficient (Wildman–Crippen LogP) is 3.49. The summed E-state index contributed by atoms with van der Waals surface area (Å²) in [6.07, 6.45) is 0. The molecule has 0 aliphatic rings. The van der Waals surface area contributed by atoms with Gasteiger partial charge in [-0.15, -0.1) is 5.10 Å². The minimum absolute atomic E-state index is 0.255. The number of rotatable bonds is 4. The van der Waals surface area contributed by atoms with Crippen LogP contribution >= 0.6 is 11.6 Å². The van der Waals surface area contributed by atoms with Gasteiger partial charge < -0.3 is 10.1 Å². The fourth-order valence-electron chi connectivity index (χ4n) is 2.20. The molecule has 122 valence electrons. The molecule has 0 spiro atoms. The van der Waals surface area contributed by atoms with Crippen molar-refractivity contribution < 1.29 is 9.53 Å². The Kier molecular flexibility index (Phi) is 4.48. The predicted molar refractivity (Wildman–Crippen MR) is 92.1 cm³/mol. The highest BCUT2D eigenvalue weighted by atomic mass is 35.5. The lowest BCUT2D eigenvalue weighted by Crippen LogP contribution is -2.14. The number of carbonyl (C=O) groups excluding carboxylic acids is 1. The van der Waals surface area contributed by atoms with Gasteiger partial charge in [0.2, 0.25) is 0 Å². The number of ether oxygens (including phenoxy) is 1. The smallest absolute Gasteiger partial charge is 0.278 e. The fraction of sp³-hybridized carbons (Fsp3) is 0.118. The number of anilines is 1. The number of hydrogen-bond donors (Lipinski definition) is 1. The first-order valence-corrected chi connectivity index (χ1v) is 7.60. The van der Waals surface area contributed by atoms with Gasteiger partial charge in [0.15, 0.2) is 5.69 Å². The summed E-state index contributed by atoms with van der Waals surface area (Å²) in [7, 11) is 1.53. The Labute approximate surface area is 144 Å². The molecule has 3 rings (SSSR count). The Morgan fingerprint density at radius 3 is 2.58 bits per heavy atom. The Hall–Kier alpha value is -2.86. The largest absolute Gasteiger partial charge is 0.495 e. The van der Waals surface area contributed by atoms with Crippen LogP contribution in [-0.4, -0.2) is 28.0 Å². The molecule has 0 bridgehead atoms. The first kappa shape index (κ1) is 16.0. The van der Waals surface area contributed by atoms with Gasteiger partial charge in [-0.1, -0.05) is 29.8 Å². The summed E-state index contributed by atoms with van der Waals surface area (Å²) in [4.78, 5) is 13.9. The van der Waals surface area contributed by atoms with Crippen LogP contribution in [0.1, 0.15) is 16.2 Å². The molecule has 0 radical (unpaired) electrons. The monoisotopic (exact) mass is 342 g/mol. The molecule has 24 heavy (non-hydrogen) atoms. The standard InChI is InChI=1S/C17H15ClN4O2/c1-11-16(21-22(20-11)13-6-4-3-5-7-13)17(23)19-12-8-9-15(24-2)14(18)10-12/h3-10H,1-2H3,(H,19,23). The Bertz CT molecular complexity index is 878. The quantitative estimate of drug-likeness (QED) is 0.788. The number of para-hydroxylation sites is 1. The van der Waals surface area contributed by atoms with Gasteiger partial charge in [-0.25, -0.2) is 0 Å². The van der Waals surface area contributed by atoms with E-state index < -0.39 is 0 Å². The van der Waals surface area contributed by atoms with E-state index in [1.165, 1.54) is 11.9 Å². The fourth-order valence-corrected chi connectivity index (χ4v) is 2.46. The van der Waals surface area contributed by atoms with E-state index in [0.717, 1.165) is 5.69 Å². The summed E-state index contributed by atoms with van der Waals surface area (Å²) in [5, 5.41) is 11.7. The SMILES string of the molecule is COc1ccc(NC(=O)c2nn(-c3ccccc3)nc2C)cc1Cl. The van der Waals surface area contributed by atoms with Crippen molar-refractivity contribution in [3.05, 3.63) is 64.9 Å². The summed E-state index contributed by atoms with van der Waals surface area (Å²) < 4.78 is 5.09. The van der Waals surface area contributed by atoms with Gasteiger partial charge >= 0.3 is 0 Å². The van der Waals surface area contributed by atoms with Crippen molar-refractivity contribution in [3.8, 4) is 11.4 Å². The normalized spacial score (nSPS) is 10.5. The summed E-state index contributed by atoms with van der Waals surface area (Å²) >= 11 is 6.07. The number of nitrogens with zero attached hydrogens (tertiary/aromatic N) is 3. The number of halogens is 1. The highest BCUT2D eigenvalue weighted by Crippen LogP contribution is 2.27. The maximum absolute atomic E-state index is 12.4. The van der Waals surface area contributed by atoms with Gasteiger partial charge in [-0.2, -0.15) is 9.90 Å². The zero-order valence-corrected chi connectivity index (χ0v) is 13.9. The number of aryl methyl sites for hydroxylation is 1. The molecule has 1 N–H and O–H groups in total. The van der Waals surface area contributed by atoms with E-state index in [9.17, 15) is 4.79 Å². The molecule has 0 saturated heterocycles. The number of amides is 1. The van der Waals surface area contributed by atoms with E-state index in [1.807, 2.05) is 30.3 Å². The zero-order chi connectivity index (χ0) is 17.1. The average molecular weight is 343 g/mol. The van der Waals surface area contributed by atoms with Gasteiger partial charge in [-0.3, -0.25) is 4.79 Å². The Balaban J connectivity index is 1.83. The van der Waals surface area contributed by atoms with Gasteiger partial charge in [0.25, 0.3) is 5.91 Å². The van der Waals surface area contributed by atoms with Crippen molar-refractivity contribution in [1.82, 2.24) is 15.0 Å². The van der Waals surface area contributed by atoms with Gasteiger partial charge in [0, 0.05) is 5.69 Å². The van der Waals surface area contributed by atoms with Crippen molar-refractivity contribution in [2.75, 3.05) is 12.4 Å². The number of aromatic nitrogens is 3. The summed E-state index contributed by atoms with van der Waals surface area (Å²) in [5.41, 5.74) is 2.13. The lowest BCUT2D eigenvalue weighted by molar-refractivity contribution is 0.102. The van der Waals surface area contributed by atoms with Gasteiger partial charge in [-0.05, 0) is 37.3 Å². The Morgan fingerprint density at radius 1 is 1.17 bits per heavy atom. The molecular weight excluding hydrogens is 328 g/mol. The van der Waals surface area contributed by atoms with Crippen LogP contribution in [0.3, 0.4) is 0 Å². The average Bonchev–Trinajstić information content (AvgIpc) is 2.98. The Morgan fingerprint density at radius 2 is 1.92 bits per heavy atom. The van der Waals surface area contributed by atoms with Crippen molar-refractivity contribution >= 4 is 23.2 Å². The minimum Gasteiger partial charge on any atom is -0.495 e. The van der Waals surface area contributed by atoms with E-state index >= 15 is 0 Å². The molecule has 0 saturated carbocycles. The summed E-state index contributed by atoms with van der Waals surface area (Å²) in [5.74, 6) is 0.191. The van der Waals surface area contributed by atoms with Crippen LogP contribution in [0.4, 0.5) is 5.69 Å². The van der Waals surface area contributed by atoms with Crippen molar-refractivity contribution in [3.63, 3.8) is 0 Å². The molecule has 0 aliphatic heterocycles. The molecule has 1 heterocycles. The molecular formula is C17H15ClN4O2. The number of hydrogen-bond acceptors (Lipinski definition) is 4. The molecule has 3 aromatic rings. The second-order valence-electron chi connectivity index (χ2n) is 5.06. The van der Waals surface area contributed by atoms with E-state index in [4.69, 9.17) is 16.3 Å². The van der Waals surface area contributed by atoms with Gasteiger partial charge in [0.05, 0.1) is 23.5 Å². The number of methoxy groups -OCH3 is 1. The molecule has 7 heteroatoms. The first-order valence-electron chi connectivity index (χ1n) is 7.23. The third-order valence-corrected chi connectivity index (χ3v) is 3.69. The maximum Gasteiger partial charge on any atom is 0.278 e. The lowest BCUT2D eigenvalue weighted by atomic mass is 10.2. The molecule has 2 aromatic carbocycles. The van der Waals surface area contributed by atoms with Crippen LogP contribution in [0.5, 0.6) is 5.75 Å². The van der Waals surface area contributed by atoms with Crippen LogP contribution in [0.25, 0.3) is 5.69 Å². The first-order chi connectivity index (χ1) is 11.6. The highest BCUT2D eigenvalue weighted by Gasteiger charge is 2.17. The van der Waals surface area contributed by atoms with E-state index in [2.05, 4.69) is 15.5 Å². The third-order valence-electron chi connectivity index (χ3n) is 3.39.